The summed E-state index contributed by atoms with van der Waals surface area (Å²) in [6, 6.07) is 0. The number of aryl methyl sites for hydroxylation is 1. The SMILES string of the molecule is CCc1nsc(NCCCC(N)=O)n1. The van der Waals surface area contributed by atoms with Crippen molar-refractivity contribution in [1.29, 1.82) is 0 Å². The quantitative estimate of drug-likeness (QED) is 0.686. The number of hydrogen-bond donors (Lipinski definition) is 2. The summed E-state index contributed by atoms with van der Waals surface area (Å²) < 4.78 is 4.12. The molecule has 0 radical (unpaired) electrons. The average molecular weight is 214 g/mol. The van der Waals surface area contributed by atoms with Crippen LogP contribution in [0.1, 0.15) is 25.6 Å². The van der Waals surface area contributed by atoms with Gasteiger partial charge in [-0.1, -0.05) is 6.92 Å². The van der Waals surface area contributed by atoms with Gasteiger partial charge in [-0.2, -0.15) is 4.37 Å². The summed E-state index contributed by atoms with van der Waals surface area (Å²) in [6.45, 7) is 2.72. The number of anilines is 1. The summed E-state index contributed by atoms with van der Waals surface area (Å²) in [5.41, 5.74) is 5.01. The highest BCUT2D eigenvalue weighted by atomic mass is 32.1. The van der Waals surface area contributed by atoms with Crippen molar-refractivity contribution >= 4 is 22.6 Å². The monoisotopic (exact) mass is 214 g/mol. The molecule has 0 bridgehead atoms. The maximum atomic E-state index is 10.4. The number of nitrogens with two attached hydrogens (primary N) is 1. The molecule has 78 valence electrons. The number of carbonyl (C=O) groups excluding carboxylic acids is 1. The second-order valence-electron chi connectivity index (χ2n) is 2.87. The molecule has 0 saturated heterocycles. The second kappa shape index (κ2) is 5.54. The van der Waals surface area contributed by atoms with Gasteiger partial charge in [-0.3, -0.25) is 4.79 Å². The van der Waals surface area contributed by atoms with E-state index in [1.807, 2.05) is 6.92 Å². The van der Waals surface area contributed by atoms with Gasteiger partial charge in [-0.05, 0) is 6.42 Å². The Hall–Kier alpha value is -1.17. The van der Waals surface area contributed by atoms with Gasteiger partial charge in [0.05, 0.1) is 0 Å². The fourth-order valence-corrected chi connectivity index (χ4v) is 1.60. The lowest BCUT2D eigenvalue weighted by atomic mass is 10.3. The molecule has 5 nitrogen and oxygen atoms in total. The summed E-state index contributed by atoms with van der Waals surface area (Å²) in [7, 11) is 0. The van der Waals surface area contributed by atoms with Crippen LogP contribution in [-0.2, 0) is 11.2 Å². The number of hydrogen-bond acceptors (Lipinski definition) is 5. The molecule has 0 aliphatic heterocycles. The highest BCUT2D eigenvalue weighted by Crippen LogP contribution is 2.10. The number of amides is 1. The first-order valence-corrected chi connectivity index (χ1v) is 5.34. The van der Waals surface area contributed by atoms with E-state index in [1.165, 1.54) is 11.5 Å². The minimum absolute atomic E-state index is 0.265. The van der Waals surface area contributed by atoms with E-state index in [1.54, 1.807) is 0 Å². The zero-order valence-electron chi connectivity index (χ0n) is 8.12. The number of carbonyl (C=O) groups is 1. The molecular formula is C8H14N4OS. The van der Waals surface area contributed by atoms with Crippen LogP contribution in [0.15, 0.2) is 0 Å². The standard InChI is InChI=1S/C8H14N4OS/c1-2-7-11-8(14-12-7)10-5-3-4-6(9)13/h2-5H2,1H3,(H2,9,13)(H,10,11,12). The molecule has 0 unspecified atom stereocenters. The Morgan fingerprint density at radius 1 is 1.64 bits per heavy atom. The fraction of sp³-hybridized carbons (Fsp3) is 0.625. The smallest absolute Gasteiger partial charge is 0.217 e. The predicted octanol–water partition coefficient (Wildman–Crippen LogP) is 0.778. The van der Waals surface area contributed by atoms with Crippen LogP contribution >= 0.6 is 11.5 Å². The van der Waals surface area contributed by atoms with E-state index in [9.17, 15) is 4.79 Å². The Morgan fingerprint density at radius 2 is 2.43 bits per heavy atom. The second-order valence-corrected chi connectivity index (χ2v) is 3.62. The lowest BCUT2D eigenvalue weighted by molar-refractivity contribution is -0.118. The average Bonchev–Trinajstić information content (AvgIpc) is 2.60. The number of nitrogens with one attached hydrogen (secondary N) is 1. The zero-order valence-corrected chi connectivity index (χ0v) is 8.93. The summed E-state index contributed by atoms with van der Waals surface area (Å²) >= 11 is 1.34. The van der Waals surface area contributed by atoms with Crippen LogP contribution in [-0.4, -0.2) is 21.8 Å². The molecule has 0 aliphatic rings. The molecule has 0 aliphatic carbocycles. The first kappa shape index (κ1) is 10.9. The third-order valence-electron chi connectivity index (χ3n) is 1.66. The predicted molar refractivity (Wildman–Crippen MR) is 56.2 cm³/mol. The first-order chi connectivity index (χ1) is 6.72. The molecule has 0 fully saturated rings. The molecule has 14 heavy (non-hydrogen) atoms. The van der Waals surface area contributed by atoms with E-state index in [4.69, 9.17) is 5.73 Å². The van der Waals surface area contributed by atoms with Crippen LogP contribution in [0, 0.1) is 0 Å². The lowest BCUT2D eigenvalue weighted by Crippen LogP contribution is -2.12. The van der Waals surface area contributed by atoms with Crippen LogP contribution < -0.4 is 11.1 Å². The van der Waals surface area contributed by atoms with Gasteiger partial charge in [0.25, 0.3) is 0 Å². The largest absolute Gasteiger partial charge is 0.370 e. The maximum absolute atomic E-state index is 10.4. The van der Waals surface area contributed by atoms with Crippen molar-refractivity contribution in [2.45, 2.75) is 26.2 Å². The van der Waals surface area contributed by atoms with Gasteiger partial charge in [0.1, 0.15) is 5.82 Å². The van der Waals surface area contributed by atoms with Crippen molar-refractivity contribution in [3.05, 3.63) is 5.82 Å². The highest BCUT2D eigenvalue weighted by Gasteiger charge is 2.00. The van der Waals surface area contributed by atoms with Gasteiger partial charge in [0.2, 0.25) is 11.0 Å². The van der Waals surface area contributed by atoms with Crippen LogP contribution in [0.3, 0.4) is 0 Å². The van der Waals surface area contributed by atoms with Crippen molar-refractivity contribution in [3.8, 4) is 0 Å². The Bertz CT molecular complexity index is 299. The van der Waals surface area contributed by atoms with Crippen LogP contribution in [0.2, 0.25) is 0 Å². The number of rotatable bonds is 6. The number of aromatic nitrogens is 2. The normalized spacial score (nSPS) is 10.1. The third kappa shape index (κ3) is 3.69. The topological polar surface area (TPSA) is 80.9 Å². The van der Waals surface area contributed by atoms with Crippen LogP contribution in [0.25, 0.3) is 0 Å². The Labute approximate surface area is 86.9 Å². The van der Waals surface area contributed by atoms with Crippen molar-refractivity contribution in [1.82, 2.24) is 9.36 Å². The summed E-state index contributed by atoms with van der Waals surface area (Å²) in [4.78, 5) is 14.7. The van der Waals surface area contributed by atoms with Crippen molar-refractivity contribution in [3.63, 3.8) is 0 Å². The first-order valence-electron chi connectivity index (χ1n) is 4.57. The highest BCUT2D eigenvalue weighted by molar-refractivity contribution is 7.09. The van der Waals surface area contributed by atoms with Gasteiger partial charge >= 0.3 is 0 Å². The molecule has 1 rings (SSSR count). The Balaban J connectivity index is 2.21. The lowest BCUT2D eigenvalue weighted by Gasteiger charge is -1.98. The van der Waals surface area contributed by atoms with E-state index in [0.717, 1.165) is 23.8 Å². The molecule has 0 saturated carbocycles. The van der Waals surface area contributed by atoms with Crippen molar-refractivity contribution in [2.75, 3.05) is 11.9 Å². The molecule has 1 aromatic heterocycles. The molecule has 0 spiro atoms. The molecule has 1 heterocycles. The van der Waals surface area contributed by atoms with Crippen LogP contribution in [0.4, 0.5) is 5.13 Å². The molecule has 1 aromatic rings. The van der Waals surface area contributed by atoms with Gasteiger partial charge < -0.3 is 11.1 Å². The molecule has 6 heteroatoms. The fourth-order valence-electron chi connectivity index (χ4n) is 0.927. The van der Waals surface area contributed by atoms with E-state index >= 15 is 0 Å². The maximum Gasteiger partial charge on any atom is 0.217 e. The number of nitrogens with zero attached hydrogens (tertiary/aromatic N) is 2. The van der Waals surface area contributed by atoms with Gasteiger partial charge in [0.15, 0.2) is 0 Å². The summed E-state index contributed by atoms with van der Waals surface area (Å²) in [6.07, 6.45) is 1.99. The zero-order chi connectivity index (χ0) is 10.4. The van der Waals surface area contributed by atoms with E-state index in [2.05, 4.69) is 14.7 Å². The minimum atomic E-state index is -0.265. The summed E-state index contributed by atoms with van der Waals surface area (Å²) in [5.74, 6) is 0.589. The number of primary amides is 1. The van der Waals surface area contributed by atoms with Gasteiger partial charge in [-0.15, -0.1) is 0 Å². The molecular weight excluding hydrogens is 200 g/mol. The van der Waals surface area contributed by atoms with Crippen LogP contribution in [0.5, 0.6) is 0 Å². The molecule has 0 atom stereocenters. The molecule has 1 amide bonds. The Kier molecular flexibility index (Phi) is 4.31. The van der Waals surface area contributed by atoms with Crippen molar-refractivity contribution in [2.24, 2.45) is 5.73 Å². The third-order valence-corrected chi connectivity index (χ3v) is 2.37. The van der Waals surface area contributed by atoms with E-state index in [0.29, 0.717) is 13.0 Å². The minimum Gasteiger partial charge on any atom is -0.370 e. The van der Waals surface area contributed by atoms with E-state index < -0.39 is 0 Å². The van der Waals surface area contributed by atoms with E-state index in [-0.39, 0.29) is 5.91 Å². The molecule has 0 aromatic carbocycles. The summed E-state index contributed by atoms with van der Waals surface area (Å²) in [5, 5.41) is 3.90. The molecule has 3 N–H and O–H groups in total. The van der Waals surface area contributed by atoms with Crippen molar-refractivity contribution < 1.29 is 4.79 Å². The van der Waals surface area contributed by atoms with Gasteiger partial charge in [0, 0.05) is 30.9 Å². The Morgan fingerprint density at radius 3 is 3.00 bits per heavy atom. The van der Waals surface area contributed by atoms with Gasteiger partial charge in [-0.25, -0.2) is 4.98 Å².